The van der Waals surface area contributed by atoms with Gasteiger partial charge in [0, 0.05) is 25.8 Å². The molecule has 2 heterocycles. The summed E-state index contributed by atoms with van der Waals surface area (Å²) in [6.07, 6.45) is 2.06. The largest absolute Gasteiger partial charge is 0.573 e. The second-order valence-electron chi connectivity index (χ2n) is 8.50. The number of halogens is 3. The molecule has 4 aromatic rings. The van der Waals surface area contributed by atoms with Gasteiger partial charge >= 0.3 is 6.36 Å². The fraction of sp³-hybridized carbons (Fsp3) is 0.400. The van der Waals surface area contributed by atoms with Crippen LogP contribution in [-0.2, 0) is 17.7 Å². The smallest absolute Gasteiger partial charge is 0.490 e. The maximum absolute atomic E-state index is 12.6. The maximum atomic E-state index is 12.6. The van der Waals surface area contributed by atoms with Gasteiger partial charge in [-0.1, -0.05) is 6.07 Å². The summed E-state index contributed by atoms with van der Waals surface area (Å²) in [5, 5.41) is 27.9. The molecule has 0 bridgehead atoms. The zero-order chi connectivity index (χ0) is 26.8. The number of hydrogen-bond acceptors (Lipinski definition) is 8. The zero-order valence-electron chi connectivity index (χ0n) is 20.6. The standard InChI is InChI=1S/C25H29F3N6O4/c26-25(27,28)38-21-10-18(3-5-35)9-19(11-21)14-29-4-1-2-6-36-7-8-37-24-13-20(34-16-31-32-17-34)12-23-22(24)15-30-33-23/h9-13,15-17,29,35H,1-8,14H2,(H,30,33). The number of aromatic amines is 1. The van der Waals surface area contributed by atoms with Crippen molar-refractivity contribution in [3.05, 3.63) is 60.3 Å². The third-order valence-electron chi connectivity index (χ3n) is 5.59. The van der Waals surface area contributed by atoms with Gasteiger partial charge in [0.05, 0.1) is 29.4 Å². The van der Waals surface area contributed by atoms with Gasteiger partial charge in [-0.25, -0.2) is 0 Å². The summed E-state index contributed by atoms with van der Waals surface area (Å²) in [6.45, 7) is 2.26. The number of nitrogens with one attached hydrogen (secondary N) is 2. The number of unbranched alkanes of at least 4 members (excludes halogenated alkanes) is 1. The highest BCUT2D eigenvalue weighted by atomic mass is 19.4. The van der Waals surface area contributed by atoms with E-state index in [2.05, 4.69) is 30.4 Å². The third-order valence-corrected chi connectivity index (χ3v) is 5.59. The molecule has 0 amide bonds. The van der Waals surface area contributed by atoms with Crippen LogP contribution in [0.15, 0.2) is 49.2 Å². The van der Waals surface area contributed by atoms with Crippen LogP contribution in [0.2, 0.25) is 0 Å². The monoisotopic (exact) mass is 534 g/mol. The Morgan fingerprint density at radius 2 is 1.79 bits per heavy atom. The number of benzene rings is 2. The molecule has 0 atom stereocenters. The van der Waals surface area contributed by atoms with Crippen molar-refractivity contribution in [2.75, 3.05) is 33.0 Å². The topological polar surface area (TPSA) is 119 Å². The van der Waals surface area contributed by atoms with Gasteiger partial charge in [-0.15, -0.1) is 23.4 Å². The SMILES string of the molecule is OCCc1cc(CNCCCCOCCOc2cc(-n3cnnc3)cc3[nH]ncc23)cc(OC(F)(F)F)c1. The lowest BCUT2D eigenvalue weighted by Crippen LogP contribution is -2.18. The van der Waals surface area contributed by atoms with Crippen molar-refractivity contribution in [3.8, 4) is 17.2 Å². The average Bonchev–Trinajstić information content (AvgIpc) is 3.56. The number of rotatable bonds is 15. The molecule has 0 saturated carbocycles. The Bertz CT molecular complexity index is 1280. The summed E-state index contributed by atoms with van der Waals surface area (Å²) in [5.74, 6) is 0.398. The van der Waals surface area contributed by atoms with E-state index in [1.165, 1.54) is 12.1 Å². The van der Waals surface area contributed by atoms with Crippen molar-refractivity contribution < 1.29 is 32.5 Å². The van der Waals surface area contributed by atoms with E-state index in [1.54, 1.807) is 29.5 Å². The highest BCUT2D eigenvalue weighted by molar-refractivity contribution is 5.86. The van der Waals surface area contributed by atoms with Gasteiger partial charge in [0.15, 0.2) is 0 Å². The molecule has 0 aliphatic carbocycles. The Balaban J connectivity index is 1.13. The summed E-state index contributed by atoms with van der Waals surface area (Å²) in [6, 6.07) is 8.23. The van der Waals surface area contributed by atoms with Crippen LogP contribution in [0, 0.1) is 0 Å². The van der Waals surface area contributed by atoms with Crippen molar-refractivity contribution in [2.24, 2.45) is 0 Å². The van der Waals surface area contributed by atoms with Gasteiger partial charge in [-0.05, 0) is 55.1 Å². The van der Waals surface area contributed by atoms with Gasteiger partial charge in [-0.3, -0.25) is 9.67 Å². The number of fused-ring (bicyclic) bond motifs is 1. The van der Waals surface area contributed by atoms with Gasteiger partial charge in [0.25, 0.3) is 0 Å². The molecular weight excluding hydrogens is 505 g/mol. The van der Waals surface area contributed by atoms with Crippen LogP contribution in [0.4, 0.5) is 13.2 Å². The molecule has 0 unspecified atom stereocenters. The van der Waals surface area contributed by atoms with E-state index in [0.29, 0.717) is 49.8 Å². The normalized spacial score (nSPS) is 11.8. The van der Waals surface area contributed by atoms with Crippen molar-refractivity contribution in [1.82, 2.24) is 30.3 Å². The highest BCUT2D eigenvalue weighted by Gasteiger charge is 2.31. The van der Waals surface area contributed by atoms with Gasteiger partial charge in [-0.2, -0.15) is 5.10 Å². The van der Waals surface area contributed by atoms with Gasteiger partial charge in [0.2, 0.25) is 0 Å². The Morgan fingerprint density at radius 3 is 2.58 bits per heavy atom. The molecule has 2 aromatic carbocycles. The Hall–Kier alpha value is -3.68. The molecule has 4 rings (SSSR count). The molecule has 0 aliphatic rings. The van der Waals surface area contributed by atoms with Gasteiger partial charge < -0.3 is 24.6 Å². The van der Waals surface area contributed by atoms with Crippen molar-refractivity contribution in [3.63, 3.8) is 0 Å². The molecular formula is C25H29F3N6O4. The summed E-state index contributed by atoms with van der Waals surface area (Å²) >= 11 is 0. The fourth-order valence-corrected chi connectivity index (χ4v) is 3.90. The number of alkyl halides is 3. The van der Waals surface area contributed by atoms with Crippen LogP contribution in [0.5, 0.6) is 11.5 Å². The number of H-pyrrole nitrogens is 1. The number of aliphatic hydroxyl groups is 1. The first-order chi connectivity index (χ1) is 18.4. The first-order valence-corrected chi connectivity index (χ1v) is 12.1. The van der Waals surface area contributed by atoms with Gasteiger partial charge in [0.1, 0.15) is 30.8 Å². The highest BCUT2D eigenvalue weighted by Crippen LogP contribution is 2.28. The van der Waals surface area contributed by atoms with E-state index in [4.69, 9.17) is 14.6 Å². The molecule has 204 valence electrons. The predicted molar refractivity (Wildman–Crippen MR) is 132 cm³/mol. The number of nitrogens with zero attached hydrogens (tertiary/aromatic N) is 4. The summed E-state index contributed by atoms with van der Waals surface area (Å²) < 4.78 is 55.2. The molecule has 0 radical (unpaired) electrons. The Kier molecular flexibility index (Phi) is 9.51. The van der Waals surface area contributed by atoms with Crippen LogP contribution in [-0.4, -0.2) is 69.4 Å². The van der Waals surface area contributed by atoms with E-state index >= 15 is 0 Å². The van der Waals surface area contributed by atoms with E-state index in [0.717, 1.165) is 29.4 Å². The summed E-state index contributed by atoms with van der Waals surface area (Å²) in [5.41, 5.74) is 2.92. The minimum absolute atomic E-state index is 0.156. The molecule has 10 nitrogen and oxygen atoms in total. The number of aromatic nitrogens is 5. The molecule has 0 spiro atoms. The van der Waals surface area contributed by atoms with E-state index in [-0.39, 0.29) is 18.8 Å². The molecule has 13 heteroatoms. The van der Waals surface area contributed by atoms with Crippen LogP contribution < -0.4 is 14.8 Å². The second kappa shape index (κ2) is 13.2. The Labute approximate surface area is 216 Å². The summed E-state index contributed by atoms with van der Waals surface area (Å²) in [7, 11) is 0. The first kappa shape index (κ1) is 27.4. The molecule has 38 heavy (non-hydrogen) atoms. The molecule has 3 N–H and O–H groups in total. The van der Waals surface area contributed by atoms with E-state index in [9.17, 15) is 13.2 Å². The quantitative estimate of drug-likeness (QED) is 0.198. The van der Waals surface area contributed by atoms with Crippen LogP contribution in [0.1, 0.15) is 24.0 Å². The van der Waals surface area contributed by atoms with Crippen molar-refractivity contribution >= 4 is 10.9 Å². The fourth-order valence-electron chi connectivity index (χ4n) is 3.90. The molecule has 0 fully saturated rings. The van der Waals surface area contributed by atoms with Crippen LogP contribution in [0.25, 0.3) is 16.6 Å². The summed E-state index contributed by atoms with van der Waals surface area (Å²) in [4.78, 5) is 0. The lowest BCUT2D eigenvalue weighted by molar-refractivity contribution is -0.274. The predicted octanol–water partition coefficient (Wildman–Crippen LogP) is 3.54. The minimum Gasteiger partial charge on any atom is -0.490 e. The molecule has 0 saturated heterocycles. The van der Waals surface area contributed by atoms with E-state index < -0.39 is 6.36 Å². The lowest BCUT2D eigenvalue weighted by Gasteiger charge is -2.13. The maximum Gasteiger partial charge on any atom is 0.573 e. The third kappa shape index (κ3) is 8.16. The molecule has 0 aliphatic heterocycles. The van der Waals surface area contributed by atoms with E-state index in [1.807, 2.05) is 12.1 Å². The number of aliphatic hydroxyl groups excluding tert-OH is 1. The van der Waals surface area contributed by atoms with Crippen LogP contribution >= 0.6 is 0 Å². The van der Waals surface area contributed by atoms with Crippen molar-refractivity contribution in [1.29, 1.82) is 0 Å². The first-order valence-electron chi connectivity index (χ1n) is 12.1. The Morgan fingerprint density at radius 1 is 0.974 bits per heavy atom. The lowest BCUT2D eigenvalue weighted by atomic mass is 10.1. The number of hydrogen-bond donors (Lipinski definition) is 3. The number of ether oxygens (including phenoxy) is 3. The minimum atomic E-state index is -4.76. The van der Waals surface area contributed by atoms with Crippen LogP contribution in [0.3, 0.4) is 0 Å². The zero-order valence-corrected chi connectivity index (χ0v) is 20.6. The van der Waals surface area contributed by atoms with Crippen molar-refractivity contribution in [2.45, 2.75) is 32.2 Å². The second-order valence-corrected chi connectivity index (χ2v) is 8.50. The average molecular weight is 535 g/mol. The molecule has 2 aromatic heterocycles.